The quantitative estimate of drug-likeness (QED) is 0.591. The van der Waals surface area contributed by atoms with Crippen LogP contribution in [0.15, 0.2) is 6.20 Å². The Labute approximate surface area is 86.6 Å². The molecule has 0 aliphatic carbocycles. The van der Waals surface area contributed by atoms with Crippen molar-refractivity contribution in [3.63, 3.8) is 0 Å². The molecule has 0 saturated carbocycles. The Balaban J connectivity index is 3.45. The number of pyridine rings is 1. The Kier molecular flexibility index (Phi) is 3.17. The van der Waals surface area contributed by atoms with Gasteiger partial charge in [0.15, 0.2) is 5.69 Å². The Bertz CT molecular complexity index is 386. The van der Waals surface area contributed by atoms with Crippen molar-refractivity contribution < 1.29 is 13.7 Å². The molecule has 1 aromatic rings. The standard InChI is InChI=1S/C6H2Cl2F2N2O2/c7-2-1-11-4(6(9)10)5(3(2)8)12(13)14/h1,6H. The highest BCUT2D eigenvalue weighted by Gasteiger charge is 2.28. The molecule has 0 unspecified atom stereocenters. The third kappa shape index (κ3) is 1.91. The van der Waals surface area contributed by atoms with Gasteiger partial charge in [-0.2, -0.15) is 0 Å². The lowest BCUT2D eigenvalue weighted by molar-refractivity contribution is -0.386. The van der Waals surface area contributed by atoms with Crippen LogP contribution in [0, 0.1) is 10.1 Å². The van der Waals surface area contributed by atoms with E-state index in [1.54, 1.807) is 0 Å². The second-order valence-corrected chi connectivity index (χ2v) is 3.00. The lowest BCUT2D eigenvalue weighted by Gasteiger charge is -2.02. The highest BCUT2D eigenvalue weighted by Crippen LogP contribution is 2.37. The SMILES string of the molecule is O=[N+]([O-])c1c(C(F)F)ncc(Cl)c1Cl. The van der Waals surface area contributed by atoms with Gasteiger partial charge in [-0.15, -0.1) is 0 Å². The molecule has 0 saturated heterocycles. The van der Waals surface area contributed by atoms with Gasteiger partial charge in [0.2, 0.25) is 0 Å². The van der Waals surface area contributed by atoms with E-state index in [4.69, 9.17) is 23.2 Å². The van der Waals surface area contributed by atoms with Gasteiger partial charge < -0.3 is 0 Å². The summed E-state index contributed by atoms with van der Waals surface area (Å²) >= 11 is 10.8. The number of hydrogen-bond donors (Lipinski definition) is 0. The van der Waals surface area contributed by atoms with Crippen molar-refractivity contribution in [2.75, 3.05) is 0 Å². The third-order valence-corrected chi connectivity index (χ3v) is 2.13. The van der Waals surface area contributed by atoms with Gasteiger partial charge in [-0.25, -0.2) is 13.8 Å². The highest BCUT2D eigenvalue weighted by molar-refractivity contribution is 6.43. The van der Waals surface area contributed by atoms with Crippen molar-refractivity contribution in [1.29, 1.82) is 0 Å². The maximum atomic E-state index is 12.2. The molecule has 0 spiro atoms. The smallest absolute Gasteiger partial charge is 0.258 e. The molecule has 0 bridgehead atoms. The summed E-state index contributed by atoms with van der Waals surface area (Å²) in [6.45, 7) is 0. The Morgan fingerprint density at radius 1 is 1.50 bits per heavy atom. The highest BCUT2D eigenvalue weighted by atomic mass is 35.5. The van der Waals surface area contributed by atoms with Crippen LogP contribution in [0.25, 0.3) is 0 Å². The average Bonchev–Trinajstić information content (AvgIpc) is 2.08. The van der Waals surface area contributed by atoms with Crippen molar-refractivity contribution in [3.05, 3.63) is 32.1 Å². The zero-order chi connectivity index (χ0) is 10.9. The maximum Gasteiger partial charge on any atom is 0.316 e. The van der Waals surface area contributed by atoms with Gasteiger partial charge in [-0.05, 0) is 0 Å². The first-order valence-electron chi connectivity index (χ1n) is 3.21. The Hall–Kier alpha value is -1.01. The second kappa shape index (κ2) is 4.02. The van der Waals surface area contributed by atoms with Crippen LogP contribution in [-0.2, 0) is 0 Å². The number of nitro groups is 1. The van der Waals surface area contributed by atoms with Crippen LogP contribution in [0.4, 0.5) is 14.5 Å². The van der Waals surface area contributed by atoms with Crippen LogP contribution in [0.5, 0.6) is 0 Å². The Morgan fingerprint density at radius 2 is 2.07 bits per heavy atom. The number of rotatable bonds is 2. The summed E-state index contributed by atoms with van der Waals surface area (Å²) in [5.74, 6) is 0. The molecule has 0 atom stereocenters. The molecule has 1 aromatic heterocycles. The largest absolute Gasteiger partial charge is 0.316 e. The molecular weight excluding hydrogens is 241 g/mol. The lowest BCUT2D eigenvalue weighted by Crippen LogP contribution is -2.00. The van der Waals surface area contributed by atoms with Crippen LogP contribution in [0.1, 0.15) is 12.1 Å². The molecular formula is C6H2Cl2F2N2O2. The third-order valence-electron chi connectivity index (χ3n) is 1.37. The van der Waals surface area contributed by atoms with Gasteiger partial charge in [0, 0.05) is 6.20 Å². The fraction of sp³-hybridized carbons (Fsp3) is 0.167. The van der Waals surface area contributed by atoms with E-state index in [0.29, 0.717) is 0 Å². The average molecular weight is 243 g/mol. The molecule has 0 radical (unpaired) electrons. The molecule has 8 heteroatoms. The van der Waals surface area contributed by atoms with Gasteiger partial charge >= 0.3 is 5.69 Å². The van der Waals surface area contributed by atoms with Crippen molar-refractivity contribution in [2.24, 2.45) is 0 Å². The predicted octanol–water partition coefficient (Wildman–Crippen LogP) is 3.23. The monoisotopic (exact) mass is 242 g/mol. The maximum absolute atomic E-state index is 12.2. The molecule has 1 rings (SSSR count). The fourth-order valence-corrected chi connectivity index (χ4v) is 1.16. The minimum atomic E-state index is -3.06. The van der Waals surface area contributed by atoms with Gasteiger partial charge in [-0.3, -0.25) is 10.1 Å². The van der Waals surface area contributed by atoms with Gasteiger partial charge in [0.25, 0.3) is 6.43 Å². The molecule has 14 heavy (non-hydrogen) atoms. The van der Waals surface area contributed by atoms with Crippen molar-refractivity contribution >= 4 is 28.9 Å². The first kappa shape index (κ1) is 11.1. The summed E-state index contributed by atoms with van der Waals surface area (Å²) in [6.07, 6.45) is -2.22. The van der Waals surface area contributed by atoms with Crippen LogP contribution >= 0.6 is 23.2 Å². The van der Waals surface area contributed by atoms with Crippen LogP contribution in [-0.4, -0.2) is 9.91 Å². The van der Waals surface area contributed by atoms with Crippen molar-refractivity contribution in [2.45, 2.75) is 6.43 Å². The molecule has 76 valence electrons. The number of halogens is 4. The number of alkyl halides is 2. The zero-order valence-electron chi connectivity index (χ0n) is 6.38. The normalized spacial score (nSPS) is 10.6. The van der Waals surface area contributed by atoms with Crippen LogP contribution < -0.4 is 0 Å². The Morgan fingerprint density at radius 3 is 2.50 bits per heavy atom. The van der Waals surface area contributed by atoms with E-state index in [-0.39, 0.29) is 5.02 Å². The molecule has 1 heterocycles. The lowest BCUT2D eigenvalue weighted by atomic mass is 10.3. The van der Waals surface area contributed by atoms with Crippen LogP contribution in [0.2, 0.25) is 10.0 Å². The van der Waals surface area contributed by atoms with E-state index in [1.165, 1.54) is 0 Å². The zero-order valence-corrected chi connectivity index (χ0v) is 7.89. The van der Waals surface area contributed by atoms with Crippen LogP contribution in [0.3, 0.4) is 0 Å². The minimum absolute atomic E-state index is 0.234. The molecule has 0 aliphatic rings. The number of aromatic nitrogens is 1. The second-order valence-electron chi connectivity index (χ2n) is 2.21. The predicted molar refractivity (Wildman–Crippen MR) is 45.9 cm³/mol. The molecule has 0 aromatic carbocycles. The van der Waals surface area contributed by atoms with E-state index >= 15 is 0 Å². The first-order valence-corrected chi connectivity index (χ1v) is 3.97. The van der Waals surface area contributed by atoms with E-state index in [1.807, 2.05) is 0 Å². The molecule has 0 N–H and O–H groups in total. The van der Waals surface area contributed by atoms with E-state index in [0.717, 1.165) is 6.20 Å². The van der Waals surface area contributed by atoms with Gasteiger partial charge in [0.05, 0.1) is 9.95 Å². The van der Waals surface area contributed by atoms with Gasteiger partial charge in [-0.1, -0.05) is 23.2 Å². The number of hydrogen-bond acceptors (Lipinski definition) is 3. The summed E-state index contributed by atoms with van der Waals surface area (Å²) in [6, 6.07) is 0. The van der Waals surface area contributed by atoms with E-state index < -0.39 is 27.8 Å². The number of nitrogens with zero attached hydrogens (tertiary/aromatic N) is 2. The summed E-state index contributed by atoms with van der Waals surface area (Å²) < 4.78 is 24.5. The molecule has 0 aliphatic heterocycles. The molecule has 0 fully saturated rings. The summed E-state index contributed by atoms with van der Waals surface area (Å²) in [5.41, 5.74) is -1.93. The molecule has 0 amide bonds. The van der Waals surface area contributed by atoms with Crippen molar-refractivity contribution in [1.82, 2.24) is 4.98 Å². The topological polar surface area (TPSA) is 56.0 Å². The summed E-state index contributed by atoms with van der Waals surface area (Å²) in [5, 5.41) is 9.63. The first-order chi connectivity index (χ1) is 6.45. The minimum Gasteiger partial charge on any atom is -0.258 e. The van der Waals surface area contributed by atoms with E-state index in [2.05, 4.69) is 4.98 Å². The summed E-state index contributed by atoms with van der Waals surface area (Å²) in [7, 11) is 0. The fourth-order valence-electron chi connectivity index (χ4n) is 0.803. The molecule has 4 nitrogen and oxygen atoms in total. The van der Waals surface area contributed by atoms with E-state index in [9.17, 15) is 18.9 Å². The van der Waals surface area contributed by atoms with Gasteiger partial charge in [0.1, 0.15) is 5.02 Å². The summed E-state index contributed by atoms with van der Waals surface area (Å²) in [4.78, 5) is 12.5. The van der Waals surface area contributed by atoms with Crippen molar-refractivity contribution in [3.8, 4) is 0 Å².